The van der Waals surface area contributed by atoms with E-state index in [4.69, 9.17) is 9.90 Å². The molecule has 2 aromatic carbocycles. The summed E-state index contributed by atoms with van der Waals surface area (Å²) in [5, 5.41) is 10.4. The van der Waals surface area contributed by atoms with Crippen LogP contribution in [-0.2, 0) is 9.59 Å². The van der Waals surface area contributed by atoms with E-state index >= 15 is 0 Å². The third-order valence-electron chi connectivity index (χ3n) is 5.66. The summed E-state index contributed by atoms with van der Waals surface area (Å²) in [4.78, 5) is 21.7. The fourth-order valence-electron chi connectivity index (χ4n) is 3.87. The summed E-state index contributed by atoms with van der Waals surface area (Å²) in [5.74, 6) is 0.194. The molecule has 2 aromatic rings. The molecule has 0 saturated heterocycles. The molecule has 0 heterocycles. The molecule has 0 spiro atoms. The van der Waals surface area contributed by atoms with E-state index in [2.05, 4.69) is 79.2 Å². The van der Waals surface area contributed by atoms with E-state index in [0.717, 1.165) is 19.5 Å². The van der Waals surface area contributed by atoms with Gasteiger partial charge in [0.15, 0.2) is 0 Å². The molecule has 6 nitrogen and oxygen atoms in total. The lowest BCUT2D eigenvalue weighted by Crippen LogP contribution is -2.44. The van der Waals surface area contributed by atoms with Crippen LogP contribution in [-0.4, -0.2) is 73.2 Å². The highest BCUT2D eigenvalue weighted by Crippen LogP contribution is 2.38. The van der Waals surface area contributed by atoms with Crippen molar-refractivity contribution in [1.82, 2.24) is 14.9 Å². The van der Waals surface area contributed by atoms with E-state index in [9.17, 15) is 4.79 Å². The number of hydrogen-bond donors (Lipinski definition) is 1. The molecule has 0 aliphatic heterocycles. The van der Waals surface area contributed by atoms with Crippen LogP contribution in [0.1, 0.15) is 28.2 Å². The number of fused-ring (bicyclic) bond motifs is 2. The van der Waals surface area contributed by atoms with Gasteiger partial charge in [-0.1, -0.05) is 66.8 Å². The van der Waals surface area contributed by atoms with Gasteiger partial charge < -0.3 is 5.11 Å². The normalized spacial score (nSPS) is 13.3. The van der Waals surface area contributed by atoms with Crippen molar-refractivity contribution in [2.24, 2.45) is 0 Å². The van der Waals surface area contributed by atoms with Crippen molar-refractivity contribution in [2.75, 3.05) is 34.2 Å². The van der Waals surface area contributed by atoms with Gasteiger partial charge >= 0.3 is 0 Å². The van der Waals surface area contributed by atoms with Crippen LogP contribution in [0, 0.1) is 0 Å². The molecule has 0 fully saturated rings. The van der Waals surface area contributed by atoms with Crippen LogP contribution in [0.2, 0.25) is 0 Å². The van der Waals surface area contributed by atoms with Crippen molar-refractivity contribution in [3.05, 3.63) is 83.4 Å². The largest absolute Gasteiger partial charge is 0.483 e. The molecular weight excluding hydrogens is 390 g/mol. The maximum absolute atomic E-state index is 11.0. The Hall–Kier alpha value is -3.22. The number of amides is 1. The molecule has 0 bridgehead atoms. The second-order valence-corrected chi connectivity index (χ2v) is 7.44. The molecule has 164 valence electrons. The minimum Gasteiger partial charge on any atom is -0.483 e. The molecule has 1 atom stereocenters. The number of carbonyl (C=O) groups is 2. The van der Waals surface area contributed by atoms with Gasteiger partial charge in [0, 0.05) is 39.1 Å². The van der Waals surface area contributed by atoms with Crippen LogP contribution in [0.3, 0.4) is 0 Å². The van der Waals surface area contributed by atoms with Crippen molar-refractivity contribution in [3.8, 4) is 0 Å². The molecule has 31 heavy (non-hydrogen) atoms. The molecule has 0 radical (unpaired) electrons. The van der Waals surface area contributed by atoms with Crippen LogP contribution < -0.4 is 0 Å². The van der Waals surface area contributed by atoms with Crippen LogP contribution in [0.15, 0.2) is 61.2 Å². The molecule has 1 N–H and O–H groups in total. The van der Waals surface area contributed by atoms with Crippen LogP contribution in [0.5, 0.6) is 0 Å². The maximum Gasteiger partial charge on any atom is 0.290 e. The lowest BCUT2D eigenvalue weighted by Gasteiger charge is -2.35. The lowest BCUT2D eigenvalue weighted by atomic mass is 9.81. The zero-order chi connectivity index (χ0) is 22.8. The van der Waals surface area contributed by atoms with Crippen molar-refractivity contribution < 1.29 is 14.7 Å². The smallest absolute Gasteiger partial charge is 0.290 e. The van der Waals surface area contributed by atoms with Gasteiger partial charge in [-0.15, -0.1) is 6.58 Å². The van der Waals surface area contributed by atoms with Gasteiger partial charge in [0.05, 0.1) is 0 Å². The predicted octanol–water partition coefficient (Wildman–Crippen LogP) is 3.42. The standard InChI is InChI=1S/C24H29N3O.CH2O2/c1-5-23(25(2)16-17-26(3)27(4)18-28)24-21-12-8-6-10-19(21)14-15-20-11-7-9-13-22(20)24;2-1-3/h5-15,18,23-24H,1,16-17H2,2-4H3;1H,(H,2,3). The molecule has 0 aromatic heterocycles. The van der Waals surface area contributed by atoms with Gasteiger partial charge in [0.25, 0.3) is 6.47 Å². The van der Waals surface area contributed by atoms with Crippen molar-refractivity contribution in [3.63, 3.8) is 0 Å². The Kier molecular flexibility index (Phi) is 9.18. The van der Waals surface area contributed by atoms with E-state index in [1.807, 2.05) is 18.1 Å². The Morgan fingerprint density at radius 2 is 1.42 bits per heavy atom. The quantitative estimate of drug-likeness (QED) is 0.402. The van der Waals surface area contributed by atoms with Gasteiger partial charge in [-0.2, -0.15) is 0 Å². The minimum atomic E-state index is -0.250. The van der Waals surface area contributed by atoms with Gasteiger partial charge in [0.2, 0.25) is 6.41 Å². The molecular formula is C25H31N3O3. The Labute approximate surface area is 184 Å². The predicted molar refractivity (Wildman–Crippen MR) is 125 cm³/mol. The number of carboxylic acid groups (broad SMARTS) is 1. The average molecular weight is 422 g/mol. The first kappa shape index (κ1) is 24.1. The summed E-state index contributed by atoms with van der Waals surface area (Å²) < 4.78 is 0. The molecule has 1 unspecified atom stereocenters. The van der Waals surface area contributed by atoms with Crippen LogP contribution in [0.25, 0.3) is 12.2 Å². The molecule has 0 saturated carbocycles. The molecule has 1 aliphatic rings. The number of hydrazine groups is 1. The molecule has 1 aliphatic carbocycles. The summed E-state index contributed by atoms with van der Waals surface area (Å²) in [6.07, 6.45) is 7.30. The van der Waals surface area contributed by atoms with Gasteiger partial charge in [-0.25, -0.2) is 5.01 Å². The van der Waals surface area contributed by atoms with Crippen molar-refractivity contribution >= 4 is 25.0 Å². The topological polar surface area (TPSA) is 64.1 Å². The van der Waals surface area contributed by atoms with Gasteiger partial charge in [0.1, 0.15) is 0 Å². The van der Waals surface area contributed by atoms with Crippen LogP contribution in [0.4, 0.5) is 0 Å². The van der Waals surface area contributed by atoms with E-state index in [1.165, 1.54) is 22.3 Å². The first-order chi connectivity index (χ1) is 15.0. The zero-order valence-corrected chi connectivity index (χ0v) is 18.4. The fourth-order valence-corrected chi connectivity index (χ4v) is 3.87. The molecule has 3 rings (SSSR count). The monoisotopic (exact) mass is 421 g/mol. The Morgan fingerprint density at radius 3 is 1.87 bits per heavy atom. The third-order valence-corrected chi connectivity index (χ3v) is 5.66. The average Bonchev–Trinajstić information content (AvgIpc) is 2.95. The third kappa shape index (κ3) is 5.90. The highest BCUT2D eigenvalue weighted by molar-refractivity contribution is 5.76. The Morgan fingerprint density at radius 1 is 0.935 bits per heavy atom. The second-order valence-electron chi connectivity index (χ2n) is 7.44. The SMILES string of the molecule is C=CC(C1c2ccccc2C=Cc2ccccc21)N(C)CCN(C)N(C)C=O.O=CO. The summed E-state index contributed by atoms with van der Waals surface area (Å²) in [6, 6.07) is 17.3. The van der Waals surface area contributed by atoms with Crippen molar-refractivity contribution in [2.45, 2.75) is 12.0 Å². The zero-order valence-electron chi connectivity index (χ0n) is 18.4. The second kappa shape index (κ2) is 11.8. The van der Waals surface area contributed by atoms with E-state index in [0.29, 0.717) is 0 Å². The van der Waals surface area contributed by atoms with Gasteiger partial charge in [-0.05, 0) is 29.3 Å². The van der Waals surface area contributed by atoms with Crippen LogP contribution >= 0.6 is 0 Å². The Bertz CT molecular complexity index is 863. The number of rotatable bonds is 8. The summed E-state index contributed by atoms with van der Waals surface area (Å²) in [5.41, 5.74) is 5.14. The number of carbonyl (C=O) groups excluding carboxylic acids is 1. The first-order valence-electron chi connectivity index (χ1n) is 10.1. The first-order valence-corrected chi connectivity index (χ1v) is 10.1. The minimum absolute atomic E-state index is 0.136. The van der Waals surface area contributed by atoms with E-state index < -0.39 is 0 Å². The molecule has 1 amide bonds. The lowest BCUT2D eigenvalue weighted by molar-refractivity contribution is -0.129. The number of benzene rings is 2. The van der Waals surface area contributed by atoms with Crippen molar-refractivity contribution in [1.29, 1.82) is 0 Å². The number of likely N-dealkylation sites (N-methyl/N-ethyl adjacent to an activating group) is 2. The summed E-state index contributed by atoms with van der Waals surface area (Å²) >= 11 is 0. The maximum atomic E-state index is 11.0. The van der Waals surface area contributed by atoms with E-state index in [1.54, 1.807) is 12.1 Å². The number of hydrogen-bond acceptors (Lipinski definition) is 4. The highest BCUT2D eigenvalue weighted by Gasteiger charge is 2.30. The number of nitrogens with zero attached hydrogens (tertiary/aromatic N) is 3. The summed E-state index contributed by atoms with van der Waals surface area (Å²) in [6.45, 7) is 5.49. The fraction of sp³-hybridized carbons (Fsp3) is 0.280. The highest BCUT2D eigenvalue weighted by atomic mass is 16.3. The Balaban J connectivity index is 0.00000107. The van der Waals surface area contributed by atoms with Gasteiger partial charge in [-0.3, -0.25) is 19.5 Å². The summed E-state index contributed by atoms with van der Waals surface area (Å²) in [7, 11) is 5.82. The molecule has 6 heteroatoms. The van der Waals surface area contributed by atoms with E-state index in [-0.39, 0.29) is 18.4 Å².